The van der Waals surface area contributed by atoms with Crippen LogP contribution >= 0.6 is 0 Å². The third-order valence-electron chi connectivity index (χ3n) is 4.94. The Labute approximate surface area is 162 Å². The molecule has 2 heterocycles. The van der Waals surface area contributed by atoms with Gasteiger partial charge in [-0.2, -0.15) is 4.98 Å². The summed E-state index contributed by atoms with van der Waals surface area (Å²) in [5, 5.41) is 6.71. The number of imide groups is 1. The highest BCUT2D eigenvalue weighted by molar-refractivity contribution is 6.07. The number of amides is 3. The van der Waals surface area contributed by atoms with Gasteiger partial charge in [0, 0.05) is 5.56 Å². The van der Waals surface area contributed by atoms with Gasteiger partial charge < -0.3 is 9.84 Å². The number of rotatable bonds is 4. The molecule has 142 valence electrons. The lowest BCUT2D eigenvalue weighted by atomic mass is 9.91. The molecular weight excluding hydrogens is 356 g/mol. The fourth-order valence-electron chi connectivity index (χ4n) is 3.28. The number of aromatic nitrogens is 2. The number of nitrogens with one attached hydrogen (secondary N) is 1. The van der Waals surface area contributed by atoms with Crippen LogP contribution in [0.3, 0.4) is 0 Å². The van der Waals surface area contributed by atoms with Crippen molar-refractivity contribution in [3.8, 4) is 11.5 Å². The first-order chi connectivity index (χ1) is 13.4. The quantitative estimate of drug-likeness (QED) is 0.706. The Hall–Kier alpha value is -3.48. The van der Waals surface area contributed by atoms with E-state index in [9.17, 15) is 9.59 Å². The second-order valence-corrected chi connectivity index (χ2v) is 7.20. The zero-order valence-corrected chi connectivity index (χ0v) is 15.9. The molecule has 3 aromatic rings. The molecule has 1 N–H and O–H groups in total. The van der Waals surface area contributed by atoms with E-state index in [1.165, 1.54) is 0 Å². The van der Waals surface area contributed by atoms with Crippen LogP contribution < -0.4 is 5.32 Å². The van der Waals surface area contributed by atoms with Crippen molar-refractivity contribution in [1.29, 1.82) is 0 Å². The van der Waals surface area contributed by atoms with Gasteiger partial charge in [-0.1, -0.05) is 52.7 Å². The Balaban J connectivity index is 1.56. The Bertz CT molecular complexity index is 1060. The summed E-state index contributed by atoms with van der Waals surface area (Å²) in [6, 6.07) is 14.7. The maximum Gasteiger partial charge on any atom is 0.325 e. The van der Waals surface area contributed by atoms with Crippen LogP contribution in [0.2, 0.25) is 0 Å². The molecule has 1 aliphatic rings. The van der Waals surface area contributed by atoms with Crippen LogP contribution in [0.4, 0.5) is 4.79 Å². The SMILES string of the molecule is Cc1ccc(C2(C)NC(=O)N(Cc3noc(-c4cccc(C)c4)n3)C2=O)cc1. The molecule has 3 amide bonds. The number of hydrogen-bond donors (Lipinski definition) is 1. The second kappa shape index (κ2) is 6.60. The molecule has 0 bridgehead atoms. The number of nitrogens with zero attached hydrogens (tertiary/aromatic N) is 3. The molecule has 1 aliphatic heterocycles. The highest BCUT2D eigenvalue weighted by Gasteiger charge is 2.49. The number of carbonyl (C=O) groups excluding carboxylic acids is 2. The zero-order valence-electron chi connectivity index (χ0n) is 15.9. The van der Waals surface area contributed by atoms with Crippen molar-refractivity contribution >= 4 is 11.9 Å². The molecule has 28 heavy (non-hydrogen) atoms. The molecule has 0 aliphatic carbocycles. The topological polar surface area (TPSA) is 88.3 Å². The largest absolute Gasteiger partial charge is 0.334 e. The first-order valence-corrected chi connectivity index (χ1v) is 8.98. The van der Waals surface area contributed by atoms with Gasteiger partial charge in [0.2, 0.25) is 0 Å². The van der Waals surface area contributed by atoms with Crippen molar-refractivity contribution in [2.75, 3.05) is 0 Å². The van der Waals surface area contributed by atoms with E-state index in [1.807, 2.05) is 62.4 Å². The number of aryl methyl sites for hydroxylation is 2. The van der Waals surface area contributed by atoms with Crippen LogP contribution in [0.25, 0.3) is 11.5 Å². The molecule has 4 rings (SSSR count). The van der Waals surface area contributed by atoms with Gasteiger partial charge >= 0.3 is 6.03 Å². The Morgan fingerprint density at radius 1 is 1.07 bits per heavy atom. The summed E-state index contributed by atoms with van der Waals surface area (Å²) in [6.45, 7) is 5.59. The molecule has 1 aromatic heterocycles. The van der Waals surface area contributed by atoms with Gasteiger partial charge in [0.15, 0.2) is 5.82 Å². The minimum Gasteiger partial charge on any atom is -0.334 e. The summed E-state index contributed by atoms with van der Waals surface area (Å²) in [5.74, 6) is 0.281. The Kier molecular flexibility index (Phi) is 4.22. The molecule has 2 aromatic carbocycles. The average molecular weight is 376 g/mol. The fourth-order valence-corrected chi connectivity index (χ4v) is 3.28. The molecule has 1 saturated heterocycles. The number of carbonyl (C=O) groups is 2. The van der Waals surface area contributed by atoms with Gasteiger partial charge in [-0.3, -0.25) is 9.69 Å². The molecular formula is C21H20N4O3. The summed E-state index contributed by atoms with van der Waals surface area (Å²) in [5.41, 5.74) is 2.55. The summed E-state index contributed by atoms with van der Waals surface area (Å²) >= 11 is 0. The molecule has 0 radical (unpaired) electrons. The van der Waals surface area contributed by atoms with E-state index >= 15 is 0 Å². The standard InChI is InChI=1S/C21H20N4O3/c1-13-7-9-16(10-8-13)21(3)19(26)25(20(27)23-21)12-17-22-18(28-24-17)15-6-4-5-14(2)11-15/h4-11H,12H2,1-3H3,(H,23,27). The Morgan fingerprint density at radius 2 is 1.82 bits per heavy atom. The zero-order chi connectivity index (χ0) is 19.9. The highest BCUT2D eigenvalue weighted by Crippen LogP contribution is 2.30. The van der Waals surface area contributed by atoms with Gasteiger partial charge in [-0.15, -0.1) is 0 Å². The highest BCUT2D eigenvalue weighted by atomic mass is 16.5. The van der Waals surface area contributed by atoms with Crippen LogP contribution in [0.5, 0.6) is 0 Å². The minimum absolute atomic E-state index is 0.0541. The van der Waals surface area contributed by atoms with Gasteiger partial charge in [0.25, 0.3) is 11.8 Å². The van der Waals surface area contributed by atoms with E-state index < -0.39 is 11.6 Å². The van der Waals surface area contributed by atoms with Gasteiger partial charge in [-0.25, -0.2) is 4.79 Å². The molecule has 1 atom stereocenters. The normalized spacial score (nSPS) is 19.2. The molecule has 7 nitrogen and oxygen atoms in total. The van der Waals surface area contributed by atoms with Crippen molar-refractivity contribution < 1.29 is 14.1 Å². The van der Waals surface area contributed by atoms with E-state index in [4.69, 9.17) is 4.52 Å². The van der Waals surface area contributed by atoms with Crippen LogP contribution in [0.15, 0.2) is 53.1 Å². The first kappa shape index (κ1) is 17.9. The van der Waals surface area contributed by atoms with Crippen molar-refractivity contribution in [2.45, 2.75) is 32.9 Å². The number of urea groups is 1. The fraction of sp³-hybridized carbons (Fsp3) is 0.238. The van der Waals surface area contributed by atoms with Crippen molar-refractivity contribution in [3.05, 3.63) is 71.0 Å². The maximum atomic E-state index is 13.0. The lowest BCUT2D eigenvalue weighted by molar-refractivity contribution is -0.131. The molecule has 1 fully saturated rings. The van der Waals surface area contributed by atoms with Crippen molar-refractivity contribution in [1.82, 2.24) is 20.4 Å². The lowest BCUT2D eigenvalue weighted by Crippen LogP contribution is -2.40. The van der Waals surface area contributed by atoms with Crippen LogP contribution in [0, 0.1) is 13.8 Å². The Morgan fingerprint density at radius 3 is 2.54 bits per heavy atom. The number of hydrogen-bond acceptors (Lipinski definition) is 5. The average Bonchev–Trinajstić information content (AvgIpc) is 3.22. The molecule has 1 unspecified atom stereocenters. The molecule has 0 spiro atoms. The smallest absolute Gasteiger partial charge is 0.325 e. The summed E-state index contributed by atoms with van der Waals surface area (Å²) in [7, 11) is 0. The van der Waals surface area contributed by atoms with Gasteiger partial charge in [0.05, 0.1) is 6.54 Å². The summed E-state index contributed by atoms with van der Waals surface area (Å²) < 4.78 is 5.31. The maximum absolute atomic E-state index is 13.0. The minimum atomic E-state index is -1.12. The van der Waals surface area contributed by atoms with Crippen molar-refractivity contribution in [2.24, 2.45) is 0 Å². The molecule has 0 saturated carbocycles. The predicted molar refractivity (Wildman–Crippen MR) is 102 cm³/mol. The third-order valence-corrected chi connectivity index (χ3v) is 4.94. The monoisotopic (exact) mass is 376 g/mol. The lowest BCUT2D eigenvalue weighted by Gasteiger charge is -2.22. The first-order valence-electron chi connectivity index (χ1n) is 8.98. The van der Waals surface area contributed by atoms with Crippen LogP contribution in [-0.4, -0.2) is 27.0 Å². The van der Waals surface area contributed by atoms with Crippen LogP contribution in [0.1, 0.15) is 29.4 Å². The number of benzene rings is 2. The van der Waals surface area contributed by atoms with E-state index in [0.29, 0.717) is 5.89 Å². The summed E-state index contributed by atoms with van der Waals surface area (Å²) in [4.78, 5) is 30.9. The van der Waals surface area contributed by atoms with Gasteiger partial charge in [-0.05, 0) is 38.5 Å². The van der Waals surface area contributed by atoms with Gasteiger partial charge in [0.1, 0.15) is 5.54 Å². The summed E-state index contributed by atoms with van der Waals surface area (Å²) in [6.07, 6.45) is 0. The van der Waals surface area contributed by atoms with E-state index in [2.05, 4.69) is 15.5 Å². The van der Waals surface area contributed by atoms with E-state index in [0.717, 1.165) is 27.2 Å². The van der Waals surface area contributed by atoms with E-state index in [-0.39, 0.29) is 18.3 Å². The van der Waals surface area contributed by atoms with Crippen LogP contribution in [-0.2, 0) is 16.9 Å². The molecule has 7 heteroatoms. The van der Waals surface area contributed by atoms with Crippen molar-refractivity contribution in [3.63, 3.8) is 0 Å². The predicted octanol–water partition coefficient (Wildman–Crippen LogP) is 3.32. The second-order valence-electron chi connectivity index (χ2n) is 7.20. The third kappa shape index (κ3) is 3.05. The van der Waals surface area contributed by atoms with E-state index in [1.54, 1.807) is 6.92 Å².